The average molecular weight is 314 g/mol. The molecule has 0 saturated carbocycles. The molecule has 2 aromatic rings. The number of H-pyrrole nitrogens is 1. The standard InChI is InChI=1S/C12H12ClN3O3S/c1-2-5-16-11(19)14-15-12(16)20-9-6-7(13)3-4-8(9)10(17)18/h3-4,6H,2,5H2,1H3,(H,14,19)(H,17,18). The number of halogens is 1. The maximum atomic E-state index is 11.6. The van der Waals surface area contributed by atoms with E-state index in [0.717, 1.165) is 18.2 Å². The lowest BCUT2D eigenvalue weighted by molar-refractivity contribution is 0.0693. The Labute approximate surface area is 123 Å². The number of hydrogen-bond donors (Lipinski definition) is 2. The van der Waals surface area contributed by atoms with Crippen molar-refractivity contribution in [3.05, 3.63) is 39.3 Å². The van der Waals surface area contributed by atoms with E-state index in [1.165, 1.54) is 16.7 Å². The van der Waals surface area contributed by atoms with Crippen LogP contribution in [0.3, 0.4) is 0 Å². The number of nitrogens with zero attached hydrogens (tertiary/aromatic N) is 2. The number of carbonyl (C=O) groups is 1. The van der Waals surface area contributed by atoms with Crippen LogP contribution in [-0.2, 0) is 6.54 Å². The number of aromatic nitrogens is 3. The van der Waals surface area contributed by atoms with Gasteiger partial charge in [-0.05, 0) is 36.4 Å². The normalized spacial score (nSPS) is 10.7. The van der Waals surface area contributed by atoms with Crippen LogP contribution >= 0.6 is 23.4 Å². The van der Waals surface area contributed by atoms with Gasteiger partial charge in [0.15, 0.2) is 5.16 Å². The lowest BCUT2D eigenvalue weighted by Crippen LogP contribution is -2.17. The minimum atomic E-state index is -1.05. The first kappa shape index (κ1) is 14.7. The fraction of sp³-hybridized carbons (Fsp3) is 0.250. The Morgan fingerprint density at radius 1 is 1.55 bits per heavy atom. The van der Waals surface area contributed by atoms with Gasteiger partial charge >= 0.3 is 11.7 Å². The van der Waals surface area contributed by atoms with Gasteiger partial charge in [-0.25, -0.2) is 14.7 Å². The van der Waals surface area contributed by atoms with Crippen molar-refractivity contribution in [3.63, 3.8) is 0 Å². The molecule has 0 fully saturated rings. The van der Waals surface area contributed by atoms with E-state index in [2.05, 4.69) is 10.2 Å². The number of rotatable bonds is 5. The third-order valence-corrected chi connectivity index (χ3v) is 3.83. The van der Waals surface area contributed by atoms with E-state index in [-0.39, 0.29) is 11.3 Å². The molecule has 6 nitrogen and oxygen atoms in total. The predicted molar refractivity (Wildman–Crippen MR) is 75.7 cm³/mol. The molecule has 0 aliphatic carbocycles. The summed E-state index contributed by atoms with van der Waals surface area (Å²) in [6.45, 7) is 2.45. The smallest absolute Gasteiger partial charge is 0.343 e. The molecular formula is C12H12ClN3O3S. The Bertz CT molecular complexity index is 695. The molecular weight excluding hydrogens is 302 g/mol. The first-order valence-electron chi connectivity index (χ1n) is 5.88. The zero-order valence-corrected chi connectivity index (χ0v) is 12.2. The Balaban J connectivity index is 2.42. The van der Waals surface area contributed by atoms with Crippen molar-refractivity contribution >= 4 is 29.3 Å². The minimum Gasteiger partial charge on any atom is -0.478 e. The number of aromatic carboxylic acids is 1. The van der Waals surface area contributed by atoms with E-state index in [9.17, 15) is 9.59 Å². The molecule has 8 heteroatoms. The highest BCUT2D eigenvalue weighted by atomic mass is 35.5. The molecule has 2 N–H and O–H groups in total. The number of hydrogen-bond acceptors (Lipinski definition) is 4. The third kappa shape index (κ3) is 3.05. The van der Waals surface area contributed by atoms with Crippen LogP contribution in [0.25, 0.3) is 0 Å². The zero-order chi connectivity index (χ0) is 14.7. The second-order valence-corrected chi connectivity index (χ2v) is 5.46. The van der Waals surface area contributed by atoms with E-state index in [1.54, 1.807) is 6.07 Å². The maximum Gasteiger partial charge on any atom is 0.343 e. The van der Waals surface area contributed by atoms with Gasteiger partial charge in [0.25, 0.3) is 0 Å². The van der Waals surface area contributed by atoms with Gasteiger partial charge in [-0.15, -0.1) is 5.10 Å². The zero-order valence-electron chi connectivity index (χ0n) is 10.6. The summed E-state index contributed by atoms with van der Waals surface area (Å²) in [5, 5.41) is 16.3. The van der Waals surface area contributed by atoms with Crippen molar-refractivity contribution in [1.29, 1.82) is 0 Å². The molecule has 0 atom stereocenters. The molecule has 0 saturated heterocycles. The highest BCUT2D eigenvalue weighted by Crippen LogP contribution is 2.31. The molecule has 0 bridgehead atoms. The molecule has 0 amide bonds. The van der Waals surface area contributed by atoms with Gasteiger partial charge in [0.05, 0.1) is 5.56 Å². The number of benzene rings is 1. The molecule has 1 aromatic carbocycles. The van der Waals surface area contributed by atoms with Gasteiger partial charge in [-0.2, -0.15) is 0 Å². The summed E-state index contributed by atoms with van der Waals surface area (Å²) in [7, 11) is 0. The fourth-order valence-corrected chi connectivity index (χ4v) is 2.92. The summed E-state index contributed by atoms with van der Waals surface area (Å²) < 4.78 is 1.47. The average Bonchev–Trinajstić information content (AvgIpc) is 2.72. The van der Waals surface area contributed by atoms with Crippen LogP contribution in [0.4, 0.5) is 0 Å². The second-order valence-electron chi connectivity index (χ2n) is 4.01. The van der Waals surface area contributed by atoms with Gasteiger partial charge in [0, 0.05) is 16.5 Å². The summed E-state index contributed by atoms with van der Waals surface area (Å²) >= 11 is 6.99. The molecule has 2 rings (SSSR count). The van der Waals surface area contributed by atoms with E-state index in [4.69, 9.17) is 16.7 Å². The highest BCUT2D eigenvalue weighted by Gasteiger charge is 2.15. The molecule has 20 heavy (non-hydrogen) atoms. The Morgan fingerprint density at radius 2 is 2.30 bits per heavy atom. The SMILES string of the molecule is CCCn1c(Sc2cc(Cl)ccc2C(=O)O)n[nH]c1=O. The Kier molecular flexibility index (Phi) is 4.51. The van der Waals surface area contributed by atoms with Crippen molar-refractivity contribution in [1.82, 2.24) is 14.8 Å². The molecule has 0 radical (unpaired) electrons. The first-order valence-corrected chi connectivity index (χ1v) is 7.08. The number of carboxylic acid groups (broad SMARTS) is 1. The number of carboxylic acids is 1. The second kappa shape index (κ2) is 6.15. The molecule has 106 valence electrons. The van der Waals surface area contributed by atoms with E-state index in [1.807, 2.05) is 6.92 Å². The highest BCUT2D eigenvalue weighted by molar-refractivity contribution is 7.99. The van der Waals surface area contributed by atoms with Crippen LogP contribution < -0.4 is 5.69 Å². The van der Waals surface area contributed by atoms with Crippen molar-refractivity contribution in [2.24, 2.45) is 0 Å². The summed E-state index contributed by atoms with van der Waals surface area (Å²) in [5.41, 5.74) is -0.189. The van der Waals surface area contributed by atoms with Gasteiger partial charge in [0.1, 0.15) is 0 Å². The van der Waals surface area contributed by atoms with Crippen molar-refractivity contribution in [2.75, 3.05) is 0 Å². The molecule has 1 heterocycles. The van der Waals surface area contributed by atoms with Crippen LogP contribution in [0.2, 0.25) is 5.02 Å². The summed E-state index contributed by atoms with van der Waals surface area (Å²) in [6, 6.07) is 4.49. The Morgan fingerprint density at radius 3 is 2.95 bits per heavy atom. The molecule has 1 aromatic heterocycles. The van der Waals surface area contributed by atoms with E-state index in [0.29, 0.717) is 21.6 Å². The van der Waals surface area contributed by atoms with Crippen LogP contribution in [-0.4, -0.2) is 25.8 Å². The van der Waals surface area contributed by atoms with Gasteiger partial charge in [-0.1, -0.05) is 18.5 Å². The van der Waals surface area contributed by atoms with E-state index >= 15 is 0 Å². The third-order valence-electron chi connectivity index (χ3n) is 2.55. The van der Waals surface area contributed by atoms with Crippen LogP contribution in [0.5, 0.6) is 0 Å². The number of nitrogens with one attached hydrogen (secondary N) is 1. The first-order chi connectivity index (χ1) is 9.52. The molecule has 0 spiro atoms. The van der Waals surface area contributed by atoms with Crippen LogP contribution in [0, 0.1) is 0 Å². The fourth-order valence-electron chi connectivity index (χ4n) is 1.66. The van der Waals surface area contributed by atoms with Gasteiger partial charge < -0.3 is 5.11 Å². The lowest BCUT2D eigenvalue weighted by atomic mass is 10.2. The predicted octanol–water partition coefficient (Wildman–Crippen LogP) is 2.48. The summed E-state index contributed by atoms with van der Waals surface area (Å²) in [4.78, 5) is 23.2. The topological polar surface area (TPSA) is 88.0 Å². The minimum absolute atomic E-state index is 0.123. The number of aromatic amines is 1. The van der Waals surface area contributed by atoms with Gasteiger partial charge in [0.2, 0.25) is 0 Å². The monoisotopic (exact) mass is 313 g/mol. The Hall–Kier alpha value is -1.73. The van der Waals surface area contributed by atoms with Crippen molar-refractivity contribution < 1.29 is 9.90 Å². The largest absolute Gasteiger partial charge is 0.478 e. The van der Waals surface area contributed by atoms with Crippen molar-refractivity contribution in [3.8, 4) is 0 Å². The maximum absolute atomic E-state index is 11.6. The quantitative estimate of drug-likeness (QED) is 0.885. The van der Waals surface area contributed by atoms with Gasteiger partial charge in [-0.3, -0.25) is 4.57 Å². The van der Waals surface area contributed by atoms with Crippen LogP contribution in [0.15, 0.2) is 33.0 Å². The summed E-state index contributed by atoms with van der Waals surface area (Å²) in [5.74, 6) is -1.05. The van der Waals surface area contributed by atoms with Crippen LogP contribution in [0.1, 0.15) is 23.7 Å². The molecule has 0 unspecified atom stereocenters. The molecule has 0 aliphatic rings. The summed E-state index contributed by atoms with van der Waals surface area (Å²) in [6.07, 6.45) is 0.772. The lowest BCUT2D eigenvalue weighted by Gasteiger charge is -2.07. The van der Waals surface area contributed by atoms with Crippen molar-refractivity contribution in [2.45, 2.75) is 29.9 Å². The molecule has 0 aliphatic heterocycles. The van der Waals surface area contributed by atoms with E-state index < -0.39 is 5.97 Å².